The number of hydrogen-bond donors (Lipinski definition) is 0. The van der Waals surface area contributed by atoms with Crippen molar-refractivity contribution < 1.29 is 4.79 Å². The molecule has 3 nitrogen and oxygen atoms in total. The zero-order valence-electron chi connectivity index (χ0n) is 7.61. The molecule has 0 saturated carbocycles. The van der Waals surface area contributed by atoms with Gasteiger partial charge in [-0.05, 0) is 13.0 Å². The Balaban J connectivity index is 2.85. The van der Waals surface area contributed by atoms with Gasteiger partial charge in [-0.2, -0.15) is 0 Å². The number of carbonyl (C=O) groups excluding carboxylic acids is 1. The molecule has 0 saturated heterocycles. The number of nitrogens with zero attached hydrogens (tertiary/aromatic N) is 2. The number of rotatable bonds is 1. The molecule has 0 aliphatic carbocycles. The number of aromatic nitrogens is 2. The molecular formula is C10H10N2O. The maximum atomic E-state index is 11.2. The van der Waals surface area contributed by atoms with Gasteiger partial charge >= 0.3 is 0 Å². The molecule has 0 unspecified atom stereocenters. The molecule has 0 N–H and O–H groups in total. The van der Waals surface area contributed by atoms with Gasteiger partial charge in [0.15, 0.2) is 5.78 Å². The zero-order valence-corrected chi connectivity index (χ0v) is 7.61. The Hall–Kier alpha value is -1.64. The lowest BCUT2D eigenvalue weighted by Crippen LogP contribution is -1.88. The van der Waals surface area contributed by atoms with Gasteiger partial charge in [-0.15, -0.1) is 0 Å². The highest BCUT2D eigenvalue weighted by Crippen LogP contribution is 2.19. The normalized spacial score (nSPS) is 10.6. The van der Waals surface area contributed by atoms with E-state index in [-0.39, 0.29) is 5.78 Å². The molecule has 2 aromatic rings. The van der Waals surface area contributed by atoms with Crippen LogP contribution in [0, 0.1) is 0 Å². The van der Waals surface area contributed by atoms with Gasteiger partial charge in [-0.1, -0.05) is 0 Å². The molecule has 2 heterocycles. The van der Waals surface area contributed by atoms with Crippen molar-refractivity contribution in [2.75, 3.05) is 0 Å². The van der Waals surface area contributed by atoms with Gasteiger partial charge in [0.1, 0.15) is 0 Å². The van der Waals surface area contributed by atoms with Gasteiger partial charge in [-0.3, -0.25) is 9.78 Å². The maximum absolute atomic E-state index is 11.2. The zero-order chi connectivity index (χ0) is 9.42. The van der Waals surface area contributed by atoms with E-state index in [0.29, 0.717) is 0 Å². The van der Waals surface area contributed by atoms with Crippen LogP contribution in [0.4, 0.5) is 0 Å². The van der Waals surface area contributed by atoms with Crippen LogP contribution in [0.3, 0.4) is 0 Å². The molecule has 0 bridgehead atoms. The highest BCUT2D eigenvalue weighted by Gasteiger charge is 2.08. The van der Waals surface area contributed by atoms with Gasteiger partial charge in [0.05, 0.1) is 11.7 Å². The van der Waals surface area contributed by atoms with Crippen LogP contribution in [0.25, 0.3) is 10.9 Å². The summed E-state index contributed by atoms with van der Waals surface area (Å²) in [5.41, 5.74) is 1.76. The van der Waals surface area contributed by atoms with Crippen molar-refractivity contribution in [3.63, 3.8) is 0 Å². The van der Waals surface area contributed by atoms with Crippen LogP contribution >= 0.6 is 0 Å². The van der Waals surface area contributed by atoms with E-state index in [4.69, 9.17) is 0 Å². The Labute approximate surface area is 76.0 Å². The number of hydrogen-bond acceptors (Lipinski definition) is 2. The third-order valence-electron chi connectivity index (χ3n) is 2.17. The Morgan fingerprint density at radius 2 is 2.31 bits per heavy atom. The summed E-state index contributed by atoms with van der Waals surface area (Å²) in [6, 6.07) is 1.87. The lowest BCUT2D eigenvalue weighted by Gasteiger charge is -1.92. The Bertz CT molecular complexity index is 471. The van der Waals surface area contributed by atoms with Crippen LogP contribution in [0.1, 0.15) is 17.3 Å². The van der Waals surface area contributed by atoms with Crippen molar-refractivity contribution in [3.05, 3.63) is 30.2 Å². The summed E-state index contributed by atoms with van der Waals surface area (Å²) >= 11 is 0. The largest absolute Gasteiger partial charge is 0.349 e. The Morgan fingerprint density at radius 3 is 3.00 bits per heavy atom. The summed E-state index contributed by atoms with van der Waals surface area (Å²) in [5.74, 6) is 0.0943. The Morgan fingerprint density at radius 1 is 1.54 bits per heavy atom. The first-order valence-electron chi connectivity index (χ1n) is 4.10. The van der Waals surface area contributed by atoms with Gasteiger partial charge in [0.25, 0.3) is 0 Å². The third kappa shape index (κ3) is 1.13. The second-order valence-corrected chi connectivity index (χ2v) is 3.10. The summed E-state index contributed by atoms with van der Waals surface area (Å²) < 4.78 is 1.92. The molecule has 3 heteroatoms. The van der Waals surface area contributed by atoms with Crippen LogP contribution < -0.4 is 0 Å². The fraction of sp³-hybridized carbons (Fsp3) is 0.200. The van der Waals surface area contributed by atoms with Crippen molar-refractivity contribution >= 4 is 16.7 Å². The minimum Gasteiger partial charge on any atom is -0.349 e. The van der Waals surface area contributed by atoms with Crippen LogP contribution in [-0.4, -0.2) is 15.3 Å². The van der Waals surface area contributed by atoms with E-state index in [0.717, 1.165) is 16.5 Å². The van der Waals surface area contributed by atoms with E-state index >= 15 is 0 Å². The number of carbonyl (C=O) groups is 1. The lowest BCUT2D eigenvalue weighted by atomic mass is 10.1. The maximum Gasteiger partial charge on any atom is 0.161 e. The Kier molecular flexibility index (Phi) is 1.65. The smallest absolute Gasteiger partial charge is 0.161 e. The first kappa shape index (κ1) is 7.98. The standard InChI is InChI=1S/C10H10N2O/c1-7(13)9-6-12(2)10-5-11-4-3-8(9)10/h3-6H,1-2H3. The number of aryl methyl sites for hydroxylation is 1. The fourth-order valence-electron chi connectivity index (χ4n) is 1.51. The second kappa shape index (κ2) is 2.69. The van der Waals surface area contributed by atoms with Gasteiger partial charge in [-0.25, -0.2) is 0 Å². The minimum absolute atomic E-state index is 0.0943. The predicted octanol–water partition coefficient (Wildman–Crippen LogP) is 1.78. The van der Waals surface area contributed by atoms with E-state index in [1.165, 1.54) is 0 Å². The quantitative estimate of drug-likeness (QED) is 0.617. The molecule has 0 fully saturated rings. The number of Topliss-reactive ketones (excluding diaryl/α,β-unsaturated/α-hetero) is 1. The van der Waals surface area contributed by atoms with Crippen molar-refractivity contribution in [1.29, 1.82) is 0 Å². The van der Waals surface area contributed by atoms with Gasteiger partial charge < -0.3 is 4.57 Å². The summed E-state index contributed by atoms with van der Waals surface area (Å²) in [4.78, 5) is 15.3. The number of ketones is 1. The molecule has 2 rings (SSSR count). The number of fused-ring (bicyclic) bond motifs is 1. The number of pyridine rings is 1. The van der Waals surface area contributed by atoms with Crippen LogP contribution in [0.2, 0.25) is 0 Å². The van der Waals surface area contributed by atoms with Gasteiger partial charge in [0, 0.05) is 30.4 Å². The molecule has 0 aliphatic rings. The molecule has 0 aromatic carbocycles. The minimum atomic E-state index is 0.0943. The summed E-state index contributed by atoms with van der Waals surface area (Å²) in [6.07, 6.45) is 5.31. The monoisotopic (exact) mass is 174 g/mol. The van der Waals surface area contributed by atoms with Crippen LogP contribution in [0.5, 0.6) is 0 Å². The first-order valence-corrected chi connectivity index (χ1v) is 4.10. The summed E-state index contributed by atoms with van der Waals surface area (Å²) in [7, 11) is 1.91. The first-order chi connectivity index (χ1) is 6.20. The lowest BCUT2D eigenvalue weighted by molar-refractivity contribution is 0.101. The van der Waals surface area contributed by atoms with E-state index in [1.807, 2.05) is 23.9 Å². The van der Waals surface area contributed by atoms with Crippen molar-refractivity contribution in [1.82, 2.24) is 9.55 Å². The molecule has 0 amide bonds. The average molecular weight is 174 g/mol. The molecule has 0 atom stereocenters. The van der Waals surface area contributed by atoms with Crippen molar-refractivity contribution in [3.8, 4) is 0 Å². The van der Waals surface area contributed by atoms with Crippen molar-refractivity contribution in [2.45, 2.75) is 6.92 Å². The summed E-state index contributed by atoms with van der Waals surface area (Å²) in [5, 5.41) is 0.977. The predicted molar refractivity (Wildman–Crippen MR) is 50.7 cm³/mol. The molecular weight excluding hydrogens is 164 g/mol. The third-order valence-corrected chi connectivity index (χ3v) is 2.17. The van der Waals surface area contributed by atoms with Crippen LogP contribution in [0.15, 0.2) is 24.7 Å². The molecule has 2 aromatic heterocycles. The fourth-order valence-corrected chi connectivity index (χ4v) is 1.51. The highest BCUT2D eigenvalue weighted by atomic mass is 16.1. The SMILES string of the molecule is CC(=O)c1cn(C)c2cnccc12. The van der Waals surface area contributed by atoms with Crippen molar-refractivity contribution in [2.24, 2.45) is 7.05 Å². The topological polar surface area (TPSA) is 34.9 Å². The van der Waals surface area contributed by atoms with E-state index in [9.17, 15) is 4.79 Å². The molecule has 13 heavy (non-hydrogen) atoms. The van der Waals surface area contributed by atoms with Gasteiger partial charge in [0.2, 0.25) is 0 Å². The van der Waals surface area contributed by atoms with E-state index in [1.54, 1.807) is 19.3 Å². The molecule has 66 valence electrons. The molecule has 0 radical (unpaired) electrons. The van der Waals surface area contributed by atoms with Crippen LogP contribution in [-0.2, 0) is 7.05 Å². The van der Waals surface area contributed by atoms with E-state index in [2.05, 4.69) is 4.98 Å². The second-order valence-electron chi connectivity index (χ2n) is 3.10. The summed E-state index contributed by atoms with van der Waals surface area (Å²) in [6.45, 7) is 1.58. The van der Waals surface area contributed by atoms with E-state index < -0.39 is 0 Å². The molecule has 0 spiro atoms. The molecule has 0 aliphatic heterocycles. The average Bonchev–Trinajstić information content (AvgIpc) is 2.45. The highest BCUT2D eigenvalue weighted by molar-refractivity contribution is 6.06.